The summed E-state index contributed by atoms with van der Waals surface area (Å²) in [5.74, 6) is 8.42. The second kappa shape index (κ2) is 40.8. The number of aromatic amines is 1. The summed E-state index contributed by atoms with van der Waals surface area (Å²) in [5.41, 5.74) is 26.9. The molecule has 0 saturated carbocycles. The van der Waals surface area contributed by atoms with Crippen molar-refractivity contribution in [2.24, 2.45) is 16.8 Å². The van der Waals surface area contributed by atoms with Crippen LogP contribution in [0.25, 0.3) is 56.8 Å². The second-order valence-corrected chi connectivity index (χ2v) is 21.0. The number of aromatic nitrogens is 10. The van der Waals surface area contributed by atoms with Gasteiger partial charge in [-0.15, -0.1) is 0 Å². The number of carboxylic acid groups (broad SMARTS) is 1. The first-order chi connectivity index (χ1) is 40.7. The number of fused-ring (bicyclic) bond motifs is 13. The number of pyridine rings is 8. The number of rotatable bonds is 3. The molecule has 0 radical (unpaired) electrons. The van der Waals surface area contributed by atoms with Gasteiger partial charge in [0, 0.05) is 85.3 Å². The van der Waals surface area contributed by atoms with E-state index in [-0.39, 0.29) is 317 Å². The minimum Gasteiger partial charge on any atom is -0.870 e. The Morgan fingerprint density at radius 3 is 1.26 bits per heavy atom. The van der Waals surface area contributed by atoms with Crippen LogP contribution in [0.15, 0.2) is 92.8 Å². The Hall–Kier alpha value is -3.30. The van der Waals surface area contributed by atoms with Gasteiger partial charge in [-0.1, -0.05) is 63.3 Å². The van der Waals surface area contributed by atoms with Gasteiger partial charge < -0.3 is 55.9 Å². The van der Waals surface area contributed by atoms with Gasteiger partial charge in [-0.3, -0.25) is 44.5 Å². The number of carbonyl (C=O) groups is 3. The van der Waals surface area contributed by atoms with E-state index in [2.05, 4.69) is 88.1 Å². The van der Waals surface area contributed by atoms with Crippen LogP contribution >= 0.6 is 0 Å². The number of nitrogen functional groups attached to an aromatic ring is 1. The van der Waals surface area contributed by atoms with E-state index in [1.165, 1.54) is 31.0 Å². The second-order valence-electron chi connectivity index (χ2n) is 21.0. The fourth-order valence-corrected chi connectivity index (χ4v) is 11.0. The molecule has 7 aromatic rings. The molecule has 95 heavy (non-hydrogen) atoms. The number of aromatic carboxylic acids is 1. The third kappa shape index (κ3) is 20.3. The third-order valence-corrected chi connectivity index (χ3v) is 15.1. The first-order valence-electron chi connectivity index (χ1n) is 26.9. The van der Waals surface area contributed by atoms with Crippen molar-refractivity contribution in [3.05, 3.63) is 195 Å². The summed E-state index contributed by atoms with van der Waals surface area (Å²) >= 11 is 0. The van der Waals surface area contributed by atoms with Gasteiger partial charge in [-0.25, -0.2) is 80.1 Å². The molecular formula is C63H74N16O12Rb4-4. The standard InChI is InChI=1S/C16H15N2O3.C15H17N6O.C15H13N4O.C15H13N2O3.2CH4.H2N2.4H2O.4Rb.H2/c1-9-4-5-11-6-10(2)18-8-12(16(20)21-3)14(19)7-13(18)15(11)17-9;1-8-3-4-10-5-9(2)21-7-11(15(22)20-17)12(19-16)6-13(21)14(10)18-8;1-8-3-4-10-5-9(2)19-7-11-12(17-18-15(11)20)6-13(19)14(10)16-8;1-8-3-4-10-5-9(2)17-7-11(15(19)20)13(18)6-12(17)14(10)16-8;;;1-2;;;;;;;;;/h5,7-8,10H,6H2,1-3H3;4,6-7,9H,5,16-17H2,1-2H3,(H,20,22);4,6-7,9H,5H2,1-2H3,(H,18,20);4,6-7,9H,5H2,1-2H3,(H,19,20);2*1H4;1-2H;4*1H2;;;;;1H/q4*-1;;;;;;;;4*+1;/p-4. The molecule has 4 atom stereocenters. The van der Waals surface area contributed by atoms with Crippen molar-refractivity contribution in [1.29, 1.82) is 11.1 Å². The number of nitrogens with zero attached hydrogens (tertiary/aromatic N) is 10. The van der Waals surface area contributed by atoms with E-state index in [0.717, 1.165) is 105 Å². The summed E-state index contributed by atoms with van der Waals surface area (Å²) in [6.07, 6.45) is 9.85. The molecule has 0 bridgehead atoms. The van der Waals surface area contributed by atoms with Gasteiger partial charge in [-0.05, 0) is 67.5 Å². The van der Waals surface area contributed by atoms with Gasteiger partial charge in [0.25, 0.3) is 11.5 Å². The van der Waals surface area contributed by atoms with Crippen molar-refractivity contribution >= 4 is 17.8 Å². The molecule has 32 heteroatoms. The molecule has 0 fully saturated rings. The SMILES string of the molecule is C.C.COC(=O)c1cn2c(cc1=O)-c1nc(C)[c-]cc1CC2C.Cc1[c-]cc2c(n1)-c1cc(=NN)c(C(=O)NN)cn1C(C)C2.Cc1[c-]cc2c(n1)-c1cc(=O)c(C(=O)O)cn1C(C)C2.Cc1[c-]cc2c(n1)-c1cc3n[nH]c(=O)c-3cn1C(C)C2.N=N.[HH].[OH-].[OH-].[OH-].[OH-].[Rb+].[Rb+].[Rb+].[Rb+]. The summed E-state index contributed by atoms with van der Waals surface area (Å²) < 4.78 is 12.5. The number of hydrogen-bond acceptors (Lipinski definition) is 21. The molecule has 486 valence electrons. The van der Waals surface area contributed by atoms with E-state index in [1.807, 2.05) is 91.8 Å². The molecule has 0 spiro atoms. The maximum Gasteiger partial charge on any atom is 1.00 e. The van der Waals surface area contributed by atoms with Gasteiger partial charge in [0.15, 0.2) is 10.9 Å². The monoisotopic (exact) mass is 1590 g/mol. The quantitative estimate of drug-likeness (QED) is 0.0218. The smallest absolute Gasteiger partial charge is 0.870 e. The van der Waals surface area contributed by atoms with E-state index < -0.39 is 23.3 Å². The van der Waals surface area contributed by atoms with Crippen molar-refractivity contribution in [3.63, 3.8) is 0 Å². The summed E-state index contributed by atoms with van der Waals surface area (Å²) in [7, 11) is 1.27. The molecule has 0 saturated heterocycles. The molecule has 13 N–H and O–H groups in total. The number of methoxy groups -OCH3 is 1. The predicted molar refractivity (Wildman–Crippen MR) is 335 cm³/mol. The number of carboxylic acids is 1. The number of ether oxygens (including phenoxy) is 1. The van der Waals surface area contributed by atoms with Crippen molar-refractivity contribution in [2.75, 3.05) is 7.11 Å². The van der Waals surface area contributed by atoms with Gasteiger partial charge in [0.1, 0.15) is 11.1 Å². The first-order valence-corrected chi connectivity index (χ1v) is 26.9. The number of nitrogens with two attached hydrogens (primary N) is 2. The average molecular weight is 1590 g/mol. The van der Waals surface area contributed by atoms with Crippen LogP contribution in [0.5, 0.6) is 0 Å². The average Bonchev–Trinajstić information content (AvgIpc) is 1.08. The number of H-pyrrole nitrogens is 1. The van der Waals surface area contributed by atoms with Crippen LogP contribution in [0, 0.1) is 63.0 Å². The van der Waals surface area contributed by atoms with E-state index in [0.29, 0.717) is 27.9 Å². The molecule has 13 rings (SSSR count). The normalized spacial score (nSPS) is 14.5. The molecule has 4 unspecified atom stereocenters. The molecule has 1 amide bonds. The van der Waals surface area contributed by atoms with Gasteiger partial charge >= 0.3 is 245 Å². The van der Waals surface area contributed by atoms with Crippen LogP contribution in [0.4, 0.5) is 0 Å². The van der Waals surface area contributed by atoms with E-state index in [1.54, 1.807) is 18.5 Å². The maximum atomic E-state index is 12.1. The van der Waals surface area contributed by atoms with Crippen LogP contribution in [0.1, 0.15) is 144 Å². The summed E-state index contributed by atoms with van der Waals surface area (Å²) in [6.45, 7) is 15.8. The molecular weight excluding hydrogens is 1510 g/mol. The summed E-state index contributed by atoms with van der Waals surface area (Å²) in [5, 5.41) is 19.7. The number of esters is 1. The van der Waals surface area contributed by atoms with Crippen LogP contribution in [0.2, 0.25) is 0 Å². The van der Waals surface area contributed by atoms with Gasteiger partial charge in [0.05, 0.1) is 52.1 Å². The number of hydrazine groups is 1. The van der Waals surface area contributed by atoms with Crippen LogP contribution in [0.3, 0.4) is 0 Å². The van der Waals surface area contributed by atoms with Crippen molar-refractivity contribution in [2.45, 2.75) is 120 Å². The third-order valence-electron chi connectivity index (χ3n) is 15.1. The molecule has 6 aliphatic rings. The summed E-state index contributed by atoms with van der Waals surface area (Å²) in [4.78, 5) is 88.5. The van der Waals surface area contributed by atoms with Crippen molar-refractivity contribution in [3.8, 4) is 56.8 Å². The molecule has 28 nitrogen and oxygen atoms in total. The zero-order chi connectivity index (χ0) is 61.3. The molecule has 0 aromatic carbocycles. The Bertz CT molecular complexity index is 4410. The molecule has 13 heterocycles. The molecule has 7 aromatic heterocycles. The zero-order valence-corrected chi connectivity index (χ0v) is 73.5. The topological polar surface area (TPSA) is 476 Å². The van der Waals surface area contributed by atoms with E-state index in [9.17, 15) is 28.8 Å². The molecule has 6 aliphatic heterocycles. The Labute approximate surface area is 745 Å². The molecule has 0 aliphatic carbocycles. The number of aryl methyl sites for hydroxylation is 4. The minimum atomic E-state index is -1.20. The number of nitrogens with one attached hydrogen (secondary N) is 4. The van der Waals surface area contributed by atoms with Crippen molar-refractivity contribution in [1.82, 2.24) is 53.8 Å². The van der Waals surface area contributed by atoms with Crippen LogP contribution in [-0.2, 0) is 30.4 Å². The number of carbonyl (C=O) groups excluding carboxylic acids is 2. The Morgan fingerprint density at radius 1 is 0.589 bits per heavy atom. The van der Waals surface area contributed by atoms with E-state index in [4.69, 9.17) is 27.9 Å². The summed E-state index contributed by atoms with van der Waals surface area (Å²) in [6, 6.07) is 27.5. The fourth-order valence-electron chi connectivity index (χ4n) is 11.0. The van der Waals surface area contributed by atoms with E-state index >= 15 is 0 Å². The predicted octanol–water partition coefficient (Wildman–Crippen LogP) is -4.70. The van der Waals surface area contributed by atoms with Gasteiger partial charge in [0.2, 0.25) is 0 Å². The Morgan fingerprint density at radius 2 is 0.916 bits per heavy atom. The maximum absolute atomic E-state index is 12.1. The fraction of sp³-hybridized carbons (Fsp3) is 0.302. The largest absolute Gasteiger partial charge is 1.00 e. The van der Waals surface area contributed by atoms with Gasteiger partial charge in [-0.2, -0.15) is 32.5 Å². The Balaban J connectivity index is -0.00000115. The number of amides is 1. The Kier molecular flexibility index (Phi) is 40.3. The zero-order valence-electron chi connectivity index (χ0n) is 53.8. The van der Waals surface area contributed by atoms with Crippen molar-refractivity contribution < 1.29 is 280 Å². The number of hydrogen-bond donors (Lipinski definition) is 7. The van der Waals surface area contributed by atoms with Crippen LogP contribution in [-0.4, -0.2) is 100 Å². The minimum absolute atomic E-state index is 0. The first kappa shape index (κ1) is 93.8. The van der Waals surface area contributed by atoms with Crippen LogP contribution < -0.4 is 272 Å².